The highest BCUT2D eigenvalue weighted by atomic mass is 35.5. The minimum atomic E-state index is -2.77. The molecule has 0 radical (unpaired) electrons. The van der Waals surface area contributed by atoms with Crippen molar-refractivity contribution in [2.24, 2.45) is 21.6 Å². The summed E-state index contributed by atoms with van der Waals surface area (Å²) >= 11 is 6.55. The topological polar surface area (TPSA) is 165 Å². The van der Waals surface area contributed by atoms with Crippen molar-refractivity contribution in [2.75, 3.05) is 13.2 Å². The molecule has 2 aromatic carbocycles. The highest BCUT2D eigenvalue weighted by Crippen LogP contribution is 2.45. The number of aromatic nitrogens is 5. The van der Waals surface area contributed by atoms with Gasteiger partial charge in [0.2, 0.25) is 0 Å². The van der Waals surface area contributed by atoms with Crippen LogP contribution in [0.3, 0.4) is 0 Å². The molecule has 15 heteroatoms. The highest BCUT2D eigenvalue weighted by molar-refractivity contribution is 6.33. The first kappa shape index (κ1) is 36.6. The Hall–Kier alpha value is -4.69. The molecule has 5 rings (SSSR count). The maximum atomic E-state index is 14.9. The lowest BCUT2D eigenvalue weighted by molar-refractivity contribution is -0.150. The number of carbonyl (C=O) groups is 2. The fraction of sp³-hybridized carbons (Fsp3) is 0.429. The van der Waals surface area contributed by atoms with Gasteiger partial charge in [-0.1, -0.05) is 76.6 Å². The normalized spacial score (nSPS) is 18.3. The van der Waals surface area contributed by atoms with Crippen LogP contribution in [0.2, 0.25) is 5.02 Å². The summed E-state index contributed by atoms with van der Waals surface area (Å²) in [7, 11) is 0. The first-order chi connectivity index (χ1) is 23.6. The van der Waals surface area contributed by atoms with Crippen molar-refractivity contribution < 1.29 is 28.2 Å². The highest BCUT2D eigenvalue weighted by Gasteiger charge is 2.53. The summed E-state index contributed by atoms with van der Waals surface area (Å²) in [4.78, 5) is 38.5. The zero-order chi connectivity index (χ0) is 36.4. The van der Waals surface area contributed by atoms with E-state index in [0.717, 1.165) is 0 Å². The maximum Gasteiger partial charge on any atom is 0.333 e. The van der Waals surface area contributed by atoms with Crippen molar-refractivity contribution in [1.82, 2.24) is 29.9 Å². The third-order valence-corrected chi connectivity index (χ3v) is 9.30. The second-order valence-electron chi connectivity index (χ2n) is 14.1. The van der Waals surface area contributed by atoms with E-state index in [2.05, 4.69) is 20.3 Å². The van der Waals surface area contributed by atoms with Crippen LogP contribution in [0.25, 0.3) is 22.5 Å². The lowest BCUT2D eigenvalue weighted by atomic mass is 9.75. The van der Waals surface area contributed by atoms with Gasteiger partial charge in [0.05, 0.1) is 23.7 Å². The number of nitrogens with two attached hydrogens (primary N) is 1. The summed E-state index contributed by atoms with van der Waals surface area (Å²) in [6.07, 6.45) is 4.71. The predicted molar refractivity (Wildman–Crippen MR) is 184 cm³/mol. The third kappa shape index (κ3) is 7.55. The Balaban J connectivity index is 1.55. The number of alkyl halides is 2. The van der Waals surface area contributed by atoms with E-state index in [9.17, 15) is 23.5 Å². The number of H-pyrrole nitrogens is 1. The van der Waals surface area contributed by atoms with Gasteiger partial charge in [0.25, 0.3) is 5.91 Å². The van der Waals surface area contributed by atoms with Gasteiger partial charge in [-0.15, -0.1) is 0 Å². The zero-order valence-corrected chi connectivity index (χ0v) is 29.3. The lowest BCUT2D eigenvalue weighted by Gasteiger charge is -2.35. The molecule has 0 spiro atoms. The Morgan fingerprint density at radius 1 is 1.14 bits per heavy atom. The van der Waals surface area contributed by atoms with Gasteiger partial charge < -0.3 is 15.6 Å². The number of aromatic amines is 1. The number of aliphatic imine (C=N–C) groups is 1. The molecule has 4 N–H and O–H groups in total. The van der Waals surface area contributed by atoms with Crippen LogP contribution in [0.1, 0.15) is 77.6 Å². The first-order valence-electron chi connectivity index (χ1n) is 16.1. The number of hydrogen-bond acceptors (Lipinski definition) is 9. The van der Waals surface area contributed by atoms with Crippen molar-refractivity contribution in [1.29, 1.82) is 0 Å². The average molecular weight is 711 g/mol. The van der Waals surface area contributed by atoms with E-state index in [4.69, 9.17) is 27.1 Å². The Kier molecular flexibility index (Phi) is 10.4. The number of rotatable bonds is 13. The van der Waals surface area contributed by atoms with Crippen molar-refractivity contribution in [3.05, 3.63) is 77.3 Å². The summed E-state index contributed by atoms with van der Waals surface area (Å²) in [6.45, 7) is 6.37. The van der Waals surface area contributed by atoms with Gasteiger partial charge in [0.15, 0.2) is 17.3 Å². The molecule has 3 heterocycles. The van der Waals surface area contributed by atoms with Gasteiger partial charge in [-0.3, -0.25) is 19.6 Å². The molecule has 0 bridgehead atoms. The molecule has 4 aromatic rings. The second kappa shape index (κ2) is 14.3. The van der Waals surface area contributed by atoms with Crippen LogP contribution in [0.15, 0.2) is 66.2 Å². The summed E-state index contributed by atoms with van der Waals surface area (Å²) in [6, 6.07) is 11.1. The minimum absolute atomic E-state index is 0.0370. The molecule has 0 aliphatic carbocycles. The van der Waals surface area contributed by atoms with E-state index in [1.807, 2.05) is 27.7 Å². The molecule has 12 nitrogen and oxygen atoms in total. The second-order valence-corrected chi connectivity index (χ2v) is 14.5. The lowest BCUT2D eigenvalue weighted by Crippen LogP contribution is -2.47. The number of aliphatic hydroxyl groups excluding tert-OH is 1. The van der Waals surface area contributed by atoms with E-state index in [1.165, 1.54) is 23.6 Å². The van der Waals surface area contributed by atoms with Crippen molar-refractivity contribution in [3.63, 3.8) is 0 Å². The van der Waals surface area contributed by atoms with E-state index in [0.29, 0.717) is 49.8 Å². The number of nitrogens with one attached hydrogen (secondary N) is 1. The Morgan fingerprint density at radius 2 is 1.86 bits per heavy atom. The number of carbonyl (C=O) groups excluding carboxylic acids is 2. The van der Waals surface area contributed by atoms with Crippen molar-refractivity contribution >= 4 is 29.4 Å². The third-order valence-electron chi connectivity index (χ3n) is 8.97. The van der Waals surface area contributed by atoms with Crippen molar-refractivity contribution in [2.45, 2.75) is 72.0 Å². The van der Waals surface area contributed by atoms with Crippen molar-refractivity contribution in [3.8, 4) is 22.5 Å². The fourth-order valence-electron chi connectivity index (χ4n) is 6.06. The van der Waals surface area contributed by atoms with Gasteiger partial charge in [-0.25, -0.2) is 14.7 Å². The summed E-state index contributed by atoms with van der Waals surface area (Å²) < 4.78 is 32.7. The maximum absolute atomic E-state index is 14.9. The molecule has 3 atom stereocenters. The molecule has 50 heavy (non-hydrogen) atoms. The Labute approximate surface area is 293 Å². The van der Waals surface area contributed by atoms with Crippen LogP contribution in [-0.4, -0.2) is 66.0 Å². The number of amides is 1. The molecule has 1 unspecified atom stereocenters. The number of halogens is 3. The Bertz CT molecular complexity index is 1850. The fourth-order valence-corrected chi connectivity index (χ4v) is 6.26. The molecular formula is C35H41ClF2N8O4. The molecule has 266 valence electrons. The van der Waals surface area contributed by atoms with Gasteiger partial charge in [0.1, 0.15) is 12.9 Å². The number of aliphatic hydroxyl groups is 1. The standard InChI is InChI=1S/C35H41ClF2N8O4/c1-6-34(5,19-47)14-28(48)50-17-27(22-9-12-26(36)25(13-22)29-40-20-41-44-29)46-30(49)35(43-32(46)39,18-33(2,3)4)24-10-7-21(8-11-24)23-15-42-45(16-23)31(37)38/h7-13,15-16,20,27,31,47H,6,14,17-19H2,1-5H3,(H2,39,43)(H,40,41,44)/t27-,34?,35-/m1/s1. The molecular weight excluding hydrogens is 670 g/mol. The minimum Gasteiger partial charge on any atom is -0.463 e. The number of guanidine groups is 1. The van der Waals surface area contributed by atoms with Gasteiger partial charge in [0, 0.05) is 29.3 Å². The van der Waals surface area contributed by atoms with Gasteiger partial charge in [-0.05, 0) is 47.1 Å². The first-order valence-corrected chi connectivity index (χ1v) is 16.5. The SMILES string of the molecule is CCC(C)(CO)CC(=O)OC[C@H](c1ccc(Cl)c(-c2ncn[nH]2)c1)N1C(=O)[C@@](CC(C)(C)C)(c2ccc(-c3cnn(C(F)F)c3)cc2)N=C1N. The van der Waals surface area contributed by atoms with Gasteiger partial charge in [-0.2, -0.15) is 19.0 Å². The summed E-state index contributed by atoms with van der Waals surface area (Å²) in [5.41, 5.74) is 6.79. The number of benzene rings is 2. The van der Waals surface area contributed by atoms with E-state index in [1.54, 1.807) is 49.4 Å². The zero-order valence-electron chi connectivity index (χ0n) is 28.5. The van der Waals surface area contributed by atoms with E-state index >= 15 is 0 Å². The van der Waals surface area contributed by atoms with Crippen LogP contribution in [0.4, 0.5) is 8.78 Å². The predicted octanol–water partition coefficient (Wildman–Crippen LogP) is 6.26. The van der Waals surface area contributed by atoms with Crippen LogP contribution >= 0.6 is 11.6 Å². The number of ether oxygens (including phenoxy) is 1. The number of hydrogen-bond donors (Lipinski definition) is 3. The molecule has 0 fully saturated rings. The number of nitrogens with zero attached hydrogens (tertiary/aromatic N) is 6. The molecule has 1 amide bonds. The van der Waals surface area contributed by atoms with Crippen LogP contribution < -0.4 is 5.73 Å². The molecule has 1 aliphatic rings. The van der Waals surface area contributed by atoms with Gasteiger partial charge >= 0.3 is 12.5 Å². The van der Waals surface area contributed by atoms with E-state index < -0.39 is 40.8 Å². The molecule has 0 saturated carbocycles. The summed E-state index contributed by atoms with van der Waals surface area (Å²) in [5.74, 6) is -0.668. The molecule has 2 aromatic heterocycles. The van der Waals surface area contributed by atoms with Crippen LogP contribution in [-0.2, 0) is 19.9 Å². The Morgan fingerprint density at radius 3 is 2.44 bits per heavy atom. The average Bonchev–Trinajstić information content (AvgIpc) is 3.83. The largest absolute Gasteiger partial charge is 0.463 e. The van der Waals surface area contributed by atoms with E-state index in [-0.39, 0.29) is 32.0 Å². The quantitative estimate of drug-likeness (QED) is 0.137. The molecule has 1 aliphatic heterocycles. The smallest absolute Gasteiger partial charge is 0.333 e. The monoisotopic (exact) mass is 710 g/mol. The van der Waals surface area contributed by atoms with Crippen LogP contribution in [0.5, 0.6) is 0 Å². The summed E-state index contributed by atoms with van der Waals surface area (Å²) in [5, 5.41) is 20.7. The number of esters is 1. The van der Waals surface area contributed by atoms with Crippen LogP contribution in [0, 0.1) is 10.8 Å². The molecule has 0 saturated heterocycles.